The highest BCUT2D eigenvalue weighted by Gasteiger charge is 2.21. The zero-order valence-corrected chi connectivity index (χ0v) is 16.9. The molecule has 0 bridgehead atoms. The number of benzene rings is 1. The van der Waals surface area contributed by atoms with Gasteiger partial charge in [-0.25, -0.2) is 0 Å². The molecule has 130 valence electrons. The molecule has 23 heavy (non-hydrogen) atoms. The molecule has 0 amide bonds. The Balaban J connectivity index is 0.00000484. The summed E-state index contributed by atoms with van der Waals surface area (Å²) in [4.78, 5) is 15.6. The molecule has 6 heteroatoms. The number of nitrogens with one attached hydrogen (secondary N) is 2. The van der Waals surface area contributed by atoms with Gasteiger partial charge in [0.2, 0.25) is 0 Å². The topological polar surface area (TPSA) is 62.7 Å². The lowest BCUT2D eigenvalue weighted by molar-refractivity contribution is -0.144. The molecule has 0 saturated heterocycles. The highest BCUT2D eigenvalue weighted by molar-refractivity contribution is 14.0. The lowest BCUT2D eigenvalue weighted by atomic mass is 9.85. The van der Waals surface area contributed by atoms with Crippen LogP contribution in [0.4, 0.5) is 0 Å². The number of carbonyl (C=O) groups is 1. The molecule has 2 N–H and O–H groups in total. The second kappa shape index (κ2) is 10.5. The quantitative estimate of drug-likeness (QED) is 0.313. The van der Waals surface area contributed by atoms with Crippen molar-refractivity contribution in [3.63, 3.8) is 0 Å². The maximum absolute atomic E-state index is 11.4. The Morgan fingerprint density at radius 1 is 1.26 bits per heavy atom. The number of hydrogen-bond donors (Lipinski definition) is 2. The first-order valence-corrected chi connectivity index (χ1v) is 7.48. The minimum Gasteiger partial charge on any atom is -0.469 e. The van der Waals surface area contributed by atoms with Crippen LogP contribution in [0.1, 0.15) is 26.3 Å². The van der Waals surface area contributed by atoms with Crippen LogP contribution in [-0.2, 0) is 14.9 Å². The van der Waals surface area contributed by atoms with Gasteiger partial charge >= 0.3 is 5.97 Å². The molecule has 0 aliphatic carbocycles. The van der Waals surface area contributed by atoms with E-state index in [0.29, 0.717) is 12.5 Å². The number of rotatable bonds is 6. The Bertz CT molecular complexity index is 504. The zero-order chi connectivity index (χ0) is 16.6. The number of methoxy groups -OCH3 is 1. The smallest absolute Gasteiger partial charge is 0.310 e. The van der Waals surface area contributed by atoms with Gasteiger partial charge in [0.05, 0.1) is 13.0 Å². The van der Waals surface area contributed by atoms with Gasteiger partial charge in [0.25, 0.3) is 0 Å². The van der Waals surface area contributed by atoms with E-state index < -0.39 is 0 Å². The number of aliphatic imine (C=N–C) groups is 1. The lowest BCUT2D eigenvalue weighted by Gasteiger charge is -2.27. The normalized spacial score (nSPS) is 12.8. The molecule has 1 atom stereocenters. The van der Waals surface area contributed by atoms with E-state index in [0.717, 1.165) is 6.54 Å². The van der Waals surface area contributed by atoms with Gasteiger partial charge in [0.1, 0.15) is 0 Å². The fourth-order valence-electron chi connectivity index (χ4n) is 2.05. The fraction of sp³-hybridized carbons (Fsp3) is 0.529. The van der Waals surface area contributed by atoms with Crippen molar-refractivity contribution in [1.29, 1.82) is 0 Å². The zero-order valence-electron chi connectivity index (χ0n) is 14.6. The second-order valence-electron chi connectivity index (χ2n) is 5.98. The lowest BCUT2D eigenvalue weighted by Crippen LogP contribution is -2.45. The van der Waals surface area contributed by atoms with E-state index in [1.807, 2.05) is 25.1 Å². The molecular formula is C17H28IN3O2. The van der Waals surface area contributed by atoms with Crippen molar-refractivity contribution in [2.45, 2.75) is 26.2 Å². The van der Waals surface area contributed by atoms with Crippen molar-refractivity contribution in [2.24, 2.45) is 10.9 Å². The van der Waals surface area contributed by atoms with Crippen LogP contribution in [-0.4, -0.2) is 39.2 Å². The molecule has 1 aromatic carbocycles. The van der Waals surface area contributed by atoms with E-state index in [1.165, 1.54) is 12.7 Å². The third-order valence-corrected chi connectivity index (χ3v) is 3.66. The Hall–Kier alpha value is -1.31. The summed E-state index contributed by atoms with van der Waals surface area (Å²) >= 11 is 0. The average molecular weight is 433 g/mol. The van der Waals surface area contributed by atoms with Crippen LogP contribution in [0.25, 0.3) is 0 Å². The fourth-order valence-corrected chi connectivity index (χ4v) is 2.05. The first kappa shape index (κ1) is 21.7. The molecule has 0 fully saturated rings. The van der Waals surface area contributed by atoms with E-state index in [9.17, 15) is 4.79 Å². The molecule has 0 spiro atoms. The second-order valence-corrected chi connectivity index (χ2v) is 5.98. The van der Waals surface area contributed by atoms with Crippen molar-refractivity contribution < 1.29 is 9.53 Å². The van der Waals surface area contributed by atoms with Crippen LogP contribution in [0.15, 0.2) is 35.3 Å². The van der Waals surface area contributed by atoms with Gasteiger partial charge in [-0.05, 0) is 5.56 Å². The summed E-state index contributed by atoms with van der Waals surface area (Å²) in [5.74, 6) is 0.234. The summed E-state index contributed by atoms with van der Waals surface area (Å²) in [5.41, 5.74) is 1.24. The van der Waals surface area contributed by atoms with Crippen LogP contribution < -0.4 is 10.6 Å². The number of halogens is 1. The molecule has 0 aromatic heterocycles. The summed E-state index contributed by atoms with van der Waals surface area (Å²) in [6, 6.07) is 10.3. The van der Waals surface area contributed by atoms with Crippen LogP contribution in [0.5, 0.6) is 0 Å². The Morgan fingerprint density at radius 3 is 2.39 bits per heavy atom. The van der Waals surface area contributed by atoms with Crippen molar-refractivity contribution in [2.75, 3.05) is 27.2 Å². The molecule has 1 unspecified atom stereocenters. The maximum Gasteiger partial charge on any atom is 0.310 e. The van der Waals surface area contributed by atoms with Crippen molar-refractivity contribution in [3.05, 3.63) is 35.9 Å². The van der Waals surface area contributed by atoms with Crippen molar-refractivity contribution in [1.82, 2.24) is 10.6 Å². The monoisotopic (exact) mass is 433 g/mol. The number of hydrogen-bond acceptors (Lipinski definition) is 3. The number of nitrogens with zero attached hydrogens (tertiary/aromatic N) is 1. The molecule has 0 aliphatic rings. The van der Waals surface area contributed by atoms with E-state index in [-0.39, 0.29) is 41.3 Å². The third kappa shape index (κ3) is 7.20. The molecule has 0 radical (unpaired) electrons. The van der Waals surface area contributed by atoms with Gasteiger partial charge in [0, 0.05) is 25.6 Å². The molecular weight excluding hydrogens is 405 g/mol. The molecule has 1 rings (SSSR count). The largest absolute Gasteiger partial charge is 0.469 e. The van der Waals surface area contributed by atoms with Crippen molar-refractivity contribution >= 4 is 35.9 Å². The van der Waals surface area contributed by atoms with E-state index >= 15 is 0 Å². The predicted octanol–water partition coefficient (Wildman–Crippen LogP) is 2.56. The van der Waals surface area contributed by atoms with Crippen LogP contribution in [0.3, 0.4) is 0 Å². The first-order chi connectivity index (χ1) is 10.4. The number of ether oxygens (including phenoxy) is 1. The Morgan fingerprint density at radius 2 is 1.87 bits per heavy atom. The average Bonchev–Trinajstić information content (AvgIpc) is 2.54. The molecule has 0 saturated carbocycles. The Labute approximate surface area is 156 Å². The van der Waals surface area contributed by atoms with Crippen LogP contribution in [0.2, 0.25) is 0 Å². The van der Waals surface area contributed by atoms with Gasteiger partial charge in [-0.1, -0.05) is 51.1 Å². The number of carbonyl (C=O) groups excluding carboxylic acids is 1. The highest BCUT2D eigenvalue weighted by atomic mass is 127. The van der Waals surface area contributed by atoms with Crippen LogP contribution in [0, 0.1) is 5.92 Å². The maximum atomic E-state index is 11.4. The molecule has 0 aliphatic heterocycles. The minimum absolute atomic E-state index is 0. The van der Waals surface area contributed by atoms with Gasteiger partial charge in [0.15, 0.2) is 5.96 Å². The van der Waals surface area contributed by atoms with Gasteiger partial charge in [-0.15, -0.1) is 24.0 Å². The summed E-state index contributed by atoms with van der Waals surface area (Å²) < 4.78 is 4.71. The van der Waals surface area contributed by atoms with E-state index in [4.69, 9.17) is 4.74 Å². The van der Waals surface area contributed by atoms with Gasteiger partial charge < -0.3 is 15.4 Å². The number of guanidine groups is 1. The summed E-state index contributed by atoms with van der Waals surface area (Å²) in [5, 5.41) is 6.45. The SMILES string of the molecule is CN=C(NCC(C)C(=O)OC)NCC(C)(C)c1ccccc1.I. The standard InChI is InChI=1S/C17H27N3O2.HI/c1-13(15(21)22-5)11-19-16(18-4)20-12-17(2,3)14-9-7-6-8-10-14;/h6-10,13H,11-12H2,1-5H3,(H2,18,19,20);1H. The van der Waals surface area contributed by atoms with Gasteiger partial charge in [-0.2, -0.15) is 0 Å². The first-order valence-electron chi connectivity index (χ1n) is 7.48. The number of esters is 1. The van der Waals surface area contributed by atoms with Crippen molar-refractivity contribution in [3.8, 4) is 0 Å². The van der Waals surface area contributed by atoms with Crippen LogP contribution >= 0.6 is 24.0 Å². The molecule has 5 nitrogen and oxygen atoms in total. The summed E-state index contributed by atoms with van der Waals surface area (Å²) in [6.07, 6.45) is 0. The predicted molar refractivity (Wildman–Crippen MR) is 105 cm³/mol. The van der Waals surface area contributed by atoms with E-state index in [1.54, 1.807) is 7.05 Å². The summed E-state index contributed by atoms with van der Waals surface area (Å²) in [6.45, 7) is 7.40. The molecule has 0 heterocycles. The third-order valence-electron chi connectivity index (χ3n) is 3.66. The summed E-state index contributed by atoms with van der Waals surface area (Å²) in [7, 11) is 3.11. The van der Waals surface area contributed by atoms with Gasteiger partial charge in [-0.3, -0.25) is 9.79 Å². The highest BCUT2D eigenvalue weighted by Crippen LogP contribution is 2.21. The minimum atomic E-state index is -0.229. The van der Waals surface area contributed by atoms with E-state index in [2.05, 4.69) is 41.6 Å². The Kier molecular flexibility index (Phi) is 9.87. The molecule has 1 aromatic rings.